The van der Waals surface area contributed by atoms with E-state index in [1.165, 1.54) is 38.8 Å². The molecule has 3 heterocycles. The van der Waals surface area contributed by atoms with Crippen molar-refractivity contribution in [1.29, 1.82) is 0 Å². The summed E-state index contributed by atoms with van der Waals surface area (Å²) in [4.78, 5) is 2.61. The van der Waals surface area contributed by atoms with Gasteiger partial charge in [-0.3, -0.25) is 4.90 Å². The molecule has 0 bridgehead atoms. The van der Waals surface area contributed by atoms with Gasteiger partial charge in [0.25, 0.3) is 0 Å². The molecule has 0 aromatic carbocycles. The lowest BCUT2D eigenvalue weighted by atomic mass is 10.0. The molecule has 2 atom stereocenters. The Balaban J connectivity index is 1.63. The van der Waals surface area contributed by atoms with Crippen LogP contribution in [0.2, 0.25) is 0 Å². The SMILES string of the molecule is CCc1ccc(CN2CCCC2C2CCCN2)o1. The Morgan fingerprint density at radius 2 is 2.17 bits per heavy atom. The standard InChI is InChI=1S/C15H24N2O/c1-2-12-7-8-13(18-12)11-17-10-4-6-15(17)14-5-3-9-16-14/h7-8,14-16H,2-6,9-11H2,1H3. The predicted octanol–water partition coefficient (Wildman–Crippen LogP) is 2.56. The summed E-state index contributed by atoms with van der Waals surface area (Å²) in [5.74, 6) is 2.25. The fourth-order valence-corrected chi connectivity index (χ4v) is 3.44. The molecular formula is C15H24N2O. The highest BCUT2D eigenvalue weighted by Gasteiger charge is 2.33. The molecule has 2 aliphatic heterocycles. The van der Waals surface area contributed by atoms with Crippen LogP contribution in [0.3, 0.4) is 0 Å². The van der Waals surface area contributed by atoms with Crippen molar-refractivity contribution >= 4 is 0 Å². The predicted molar refractivity (Wildman–Crippen MR) is 72.5 cm³/mol. The van der Waals surface area contributed by atoms with E-state index in [1.807, 2.05) is 0 Å². The quantitative estimate of drug-likeness (QED) is 0.887. The minimum absolute atomic E-state index is 0.716. The Morgan fingerprint density at radius 1 is 1.28 bits per heavy atom. The minimum Gasteiger partial charge on any atom is -0.465 e. The first-order valence-corrected chi connectivity index (χ1v) is 7.42. The average molecular weight is 248 g/mol. The highest BCUT2D eigenvalue weighted by Crippen LogP contribution is 2.26. The van der Waals surface area contributed by atoms with E-state index >= 15 is 0 Å². The number of nitrogens with one attached hydrogen (secondary N) is 1. The highest BCUT2D eigenvalue weighted by molar-refractivity contribution is 5.08. The van der Waals surface area contributed by atoms with E-state index < -0.39 is 0 Å². The van der Waals surface area contributed by atoms with Crippen LogP contribution in [0.15, 0.2) is 16.5 Å². The number of hydrogen-bond donors (Lipinski definition) is 1. The monoisotopic (exact) mass is 248 g/mol. The molecule has 2 fully saturated rings. The maximum absolute atomic E-state index is 5.84. The van der Waals surface area contributed by atoms with E-state index in [0.29, 0.717) is 6.04 Å². The number of nitrogens with zero attached hydrogens (tertiary/aromatic N) is 1. The molecule has 3 heteroatoms. The third-order valence-corrected chi connectivity index (χ3v) is 4.40. The van der Waals surface area contributed by atoms with E-state index in [2.05, 4.69) is 29.3 Å². The first kappa shape index (κ1) is 12.2. The number of furan rings is 1. The minimum atomic E-state index is 0.716. The van der Waals surface area contributed by atoms with Crippen LogP contribution in [0, 0.1) is 0 Å². The van der Waals surface area contributed by atoms with Crippen molar-refractivity contribution in [1.82, 2.24) is 10.2 Å². The Bertz CT molecular complexity index is 382. The van der Waals surface area contributed by atoms with Crippen molar-refractivity contribution < 1.29 is 4.42 Å². The van der Waals surface area contributed by atoms with Gasteiger partial charge in [0.15, 0.2) is 0 Å². The van der Waals surface area contributed by atoms with Crippen LogP contribution in [0.4, 0.5) is 0 Å². The van der Waals surface area contributed by atoms with Crippen molar-refractivity contribution in [2.24, 2.45) is 0 Å². The Hall–Kier alpha value is -0.800. The van der Waals surface area contributed by atoms with Crippen LogP contribution in [0.25, 0.3) is 0 Å². The molecule has 1 N–H and O–H groups in total. The molecule has 2 aliphatic rings. The molecule has 1 aromatic heterocycles. The van der Waals surface area contributed by atoms with Gasteiger partial charge in [0, 0.05) is 18.5 Å². The van der Waals surface area contributed by atoms with Crippen LogP contribution in [-0.4, -0.2) is 30.1 Å². The van der Waals surface area contributed by atoms with Gasteiger partial charge in [0.2, 0.25) is 0 Å². The lowest BCUT2D eigenvalue weighted by Crippen LogP contribution is -2.43. The molecule has 3 nitrogen and oxygen atoms in total. The summed E-state index contributed by atoms with van der Waals surface area (Å²) in [6, 6.07) is 5.71. The van der Waals surface area contributed by atoms with Crippen molar-refractivity contribution in [2.45, 2.75) is 57.7 Å². The van der Waals surface area contributed by atoms with Crippen LogP contribution < -0.4 is 5.32 Å². The van der Waals surface area contributed by atoms with Gasteiger partial charge in [-0.2, -0.15) is 0 Å². The van der Waals surface area contributed by atoms with Crippen LogP contribution in [0.5, 0.6) is 0 Å². The van der Waals surface area contributed by atoms with Crippen molar-refractivity contribution in [3.8, 4) is 0 Å². The summed E-state index contributed by atoms with van der Waals surface area (Å²) in [5, 5.41) is 3.66. The lowest BCUT2D eigenvalue weighted by molar-refractivity contribution is 0.191. The van der Waals surface area contributed by atoms with Gasteiger partial charge in [-0.05, 0) is 50.9 Å². The molecule has 0 spiro atoms. The Labute approximate surface area is 110 Å². The van der Waals surface area contributed by atoms with Crippen LogP contribution in [0.1, 0.15) is 44.1 Å². The fourth-order valence-electron chi connectivity index (χ4n) is 3.44. The second-order valence-electron chi connectivity index (χ2n) is 5.60. The molecule has 0 aliphatic carbocycles. The summed E-state index contributed by atoms with van der Waals surface area (Å²) in [7, 11) is 0. The summed E-state index contributed by atoms with van der Waals surface area (Å²) < 4.78 is 5.84. The number of aryl methyl sites for hydroxylation is 1. The summed E-state index contributed by atoms with van der Waals surface area (Å²) >= 11 is 0. The Kier molecular flexibility index (Phi) is 3.71. The maximum Gasteiger partial charge on any atom is 0.118 e. The van der Waals surface area contributed by atoms with Crippen molar-refractivity contribution in [2.75, 3.05) is 13.1 Å². The first-order chi connectivity index (χ1) is 8.86. The van der Waals surface area contributed by atoms with E-state index in [-0.39, 0.29) is 0 Å². The van der Waals surface area contributed by atoms with Gasteiger partial charge in [0.1, 0.15) is 11.5 Å². The second-order valence-corrected chi connectivity index (χ2v) is 5.60. The highest BCUT2D eigenvalue weighted by atomic mass is 16.3. The topological polar surface area (TPSA) is 28.4 Å². The molecule has 0 amide bonds. The number of hydrogen-bond acceptors (Lipinski definition) is 3. The molecule has 3 rings (SSSR count). The number of rotatable bonds is 4. The number of likely N-dealkylation sites (tertiary alicyclic amines) is 1. The maximum atomic E-state index is 5.84. The fraction of sp³-hybridized carbons (Fsp3) is 0.733. The van der Waals surface area contributed by atoms with E-state index in [4.69, 9.17) is 4.42 Å². The van der Waals surface area contributed by atoms with E-state index in [9.17, 15) is 0 Å². The molecule has 0 saturated carbocycles. The normalized spacial score (nSPS) is 29.2. The average Bonchev–Trinajstić information content (AvgIpc) is 3.09. The zero-order valence-corrected chi connectivity index (χ0v) is 11.3. The van der Waals surface area contributed by atoms with Gasteiger partial charge in [-0.25, -0.2) is 0 Å². The smallest absolute Gasteiger partial charge is 0.118 e. The van der Waals surface area contributed by atoms with Gasteiger partial charge < -0.3 is 9.73 Å². The van der Waals surface area contributed by atoms with E-state index in [0.717, 1.165) is 30.5 Å². The Morgan fingerprint density at radius 3 is 2.89 bits per heavy atom. The van der Waals surface area contributed by atoms with Gasteiger partial charge >= 0.3 is 0 Å². The lowest BCUT2D eigenvalue weighted by Gasteiger charge is -2.28. The van der Waals surface area contributed by atoms with Crippen molar-refractivity contribution in [3.05, 3.63) is 23.7 Å². The van der Waals surface area contributed by atoms with Gasteiger partial charge in [-0.15, -0.1) is 0 Å². The molecule has 18 heavy (non-hydrogen) atoms. The molecule has 100 valence electrons. The molecule has 2 unspecified atom stereocenters. The second kappa shape index (κ2) is 5.45. The van der Waals surface area contributed by atoms with Gasteiger partial charge in [-0.1, -0.05) is 6.92 Å². The summed E-state index contributed by atoms with van der Waals surface area (Å²) in [6.07, 6.45) is 6.37. The van der Waals surface area contributed by atoms with E-state index in [1.54, 1.807) is 0 Å². The molecule has 0 radical (unpaired) electrons. The van der Waals surface area contributed by atoms with Gasteiger partial charge in [0.05, 0.1) is 6.54 Å². The summed E-state index contributed by atoms with van der Waals surface area (Å²) in [5.41, 5.74) is 0. The first-order valence-electron chi connectivity index (χ1n) is 7.42. The zero-order valence-electron chi connectivity index (χ0n) is 11.3. The van der Waals surface area contributed by atoms with Crippen LogP contribution >= 0.6 is 0 Å². The van der Waals surface area contributed by atoms with Crippen molar-refractivity contribution in [3.63, 3.8) is 0 Å². The van der Waals surface area contributed by atoms with Crippen LogP contribution in [-0.2, 0) is 13.0 Å². The molecule has 2 saturated heterocycles. The third-order valence-electron chi connectivity index (χ3n) is 4.40. The molecule has 1 aromatic rings. The summed E-state index contributed by atoms with van der Waals surface area (Å²) in [6.45, 7) is 5.56. The molecular weight excluding hydrogens is 224 g/mol. The zero-order chi connectivity index (χ0) is 12.4. The third kappa shape index (κ3) is 2.47. The largest absolute Gasteiger partial charge is 0.465 e.